The molecule has 0 radical (unpaired) electrons. The number of fused-ring (bicyclic) bond motifs is 1. The molecule has 0 spiro atoms. The second-order valence-corrected chi connectivity index (χ2v) is 5.26. The minimum absolute atomic E-state index is 0.0707. The zero-order valence-electron chi connectivity index (χ0n) is 13.2. The molecule has 0 unspecified atom stereocenters. The Morgan fingerprint density at radius 3 is 2.72 bits per heavy atom. The van der Waals surface area contributed by atoms with Crippen LogP contribution in [-0.4, -0.2) is 12.5 Å². The minimum Gasteiger partial charge on any atom is -0.484 e. The van der Waals surface area contributed by atoms with Gasteiger partial charge in [-0.05, 0) is 31.2 Å². The molecular formula is C18H14FNO5. The van der Waals surface area contributed by atoms with Crippen molar-refractivity contribution < 1.29 is 23.1 Å². The molecular weight excluding hydrogens is 329 g/mol. The van der Waals surface area contributed by atoms with Crippen molar-refractivity contribution in [3.05, 3.63) is 64.3 Å². The largest absolute Gasteiger partial charge is 0.484 e. The fourth-order valence-corrected chi connectivity index (χ4v) is 2.27. The van der Waals surface area contributed by atoms with Crippen LogP contribution in [0.15, 0.2) is 51.7 Å². The molecule has 1 heterocycles. The van der Waals surface area contributed by atoms with Crippen molar-refractivity contribution in [2.24, 2.45) is 5.73 Å². The lowest BCUT2D eigenvalue weighted by atomic mass is 10.2. The molecule has 0 aliphatic rings. The lowest BCUT2D eigenvalue weighted by Gasteiger charge is -2.10. The van der Waals surface area contributed by atoms with E-state index in [0.29, 0.717) is 5.75 Å². The lowest BCUT2D eigenvalue weighted by Crippen LogP contribution is -2.20. The van der Waals surface area contributed by atoms with E-state index in [2.05, 4.69) is 0 Å². The topological polar surface area (TPSA) is 91.8 Å². The van der Waals surface area contributed by atoms with Gasteiger partial charge >= 0.3 is 0 Å². The van der Waals surface area contributed by atoms with E-state index in [4.69, 9.17) is 19.6 Å². The third-order valence-electron chi connectivity index (χ3n) is 3.42. The number of aryl methyl sites for hydroxylation is 1. The number of para-hydroxylation sites is 1. The molecule has 0 aliphatic heterocycles. The molecule has 7 heteroatoms. The molecule has 25 heavy (non-hydrogen) atoms. The van der Waals surface area contributed by atoms with Gasteiger partial charge in [0.15, 0.2) is 18.2 Å². The number of primary amides is 1. The van der Waals surface area contributed by atoms with Crippen LogP contribution < -0.4 is 20.6 Å². The van der Waals surface area contributed by atoms with Crippen LogP contribution in [0.3, 0.4) is 0 Å². The standard InChI is InChI=1S/C18H14FNO5/c1-10-18(25-14-5-3-2-4-13(14)19)17(22)12-7-6-11(8-15(12)24-10)23-9-16(20)21/h2-8H,9H2,1H3,(H2,20,21). The summed E-state index contributed by atoms with van der Waals surface area (Å²) in [6.45, 7) is 1.25. The highest BCUT2D eigenvalue weighted by Crippen LogP contribution is 2.28. The van der Waals surface area contributed by atoms with Crippen LogP contribution in [0.25, 0.3) is 11.0 Å². The van der Waals surface area contributed by atoms with Gasteiger partial charge in [-0.2, -0.15) is 0 Å². The van der Waals surface area contributed by atoms with Crippen molar-refractivity contribution in [3.8, 4) is 17.2 Å². The molecule has 128 valence electrons. The first-order valence-electron chi connectivity index (χ1n) is 7.36. The highest BCUT2D eigenvalue weighted by molar-refractivity contribution is 5.80. The Kier molecular flexibility index (Phi) is 4.38. The van der Waals surface area contributed by atoms with E-state index in [1.165, 1.54) is 43.3 Å². The summed E-state index contributed by atoms with van der Waals surface area (Å²) in [4.78, 5) is 23.4. The van der Waals surface area contributed by atoms with Crippen LogP contribution in [0, 0.1) is 12.7 Å². The van der Waals surface area contributed by atoms with E-state index in [1.807, 2.05) is 0 Å². The van der Waals surface area contributed by atoms with Crippen molar-refractivity contribution >= 4 is 16.9 Å². The Hall–Kier alpha value is -3.35. The van der Waals surface area contributed by atoms with Gasteiger partial charge in [0.25, 0.3) is 5.91 Å². The molecule has 0 fully saturated rings. The Labute approximate surface area is 141 Å². The van der Waals surface area contributed by atoms with Crippen molar-refractivity contribution in [2.75, 3.05) is 6.61 Å². The van der Waals surface area contributed by atoms with Crippen LogP contribution in [0.1, 0.15) is 5.76 Å². The Balaban J connectivity index is 2.01. The third kappa shape index (κ3) is 3.45. The smallest absolute Gasteiger partial charge is 0.255 e. The van der Waals surface area contributed by atoms with E-state index < -0.39 is 17.2 Å². The number of amides is 1. The molecule has 1 amide bonds. The fraction of sp³-hybridized carbons (Fsp3) is 0.111. The van der Waals surface area contributed by atoms with Crippen LogP contribution in [0.4, 0.5) is 4.39 Å². The summed E-state index contributed by atoms with van der Waals surface area (Å²) in [5.41, 5.74) is 4.84. The summed E-state index contributed by atoms with van der Waals surface area (Å²) in [6, 6.07) is 10.2. The molecule has 3 rings (SSSR count). The van der Waals surface area contributed by atoms with Gasteiger partial charge in [-0.1, -0.05) is 12.1 Å². The van der Waals surface area contributed by atoms with Crippen molar-refractivity contribution in [3.63, 3.8) is 0 Å². The molecule has 0 aliphatic carbocycles. The Bertz CT molecular complexity index is 1010. The summed E-state index contributed by atoms with van der Waals surface area (Å²) in [7, 11) is 0. The monoisotopic (exact) mass is 343 g/mol. The highest BCUT2D eigenvalue weighted by atomic mass is 19.1. The quantitative estimate of drug-likeness (QED) is 0.769. The molecule has 3 aromatic rings. The Morgan fingerprint density at radius 1 is 1.24 bits per heavy atom. The van der Waals surface area contributed by atoms with E-state index in [0.717, 1.165) is 0 Å². The van der Waals surface area contributed by atoms with Crippen LogP contribution in [0.2, 0.25) is 0 Å². The molecule has 0 saturated heterocycles. The van der Waals surface area contributed by atoms with E-state index in [1.54, 1.807) is 6.07 Å². The van der Waals surface area contributed by atoms with Gasteiger partial charge < -0.3 is 19.6 Å². The third-order valence-corrected chi connectivity index (χ3v) is 3.42. The van der Waals surface area contributed by atoms with Crippen LogP contribution >= 0.6 is 0 Å². The number of nitrogens with two attached hydrogens (primary N) is 1. The fourth-order valence-electron chi connectivity index (χ4n) is 2.27. The maximum absolute atomic E-state index is 13.7. The molecule has 1 aromatic heterocycles. The summed E-state index contributed by atoms with van der Waals surface area (Å²) in [5, 5.41) is 0.239. The van der Waals surface area contributed by atoms with Crippen molar-refractivity contribution in [1.82, 2.24) is 0 Å². The first kappa shape index (κ1) is 16.5. The predicted octanol–water partition coefficient (Wildman–Crippen LogP) is 2.90. The van der Waals surface area contributed by atoms with Gasteiger partial charge in [-0.25, -0.2) is 4.39 Å². The number of carbonyl (C=O) groups is 1. The number of ether oxygens (including phenoxy) is 2. The van der Waals surface area contributed by atoms with Gasteiger partial charge in [-0.3, -0.25) is 9.59 Å². The lowest BCUT2D eigenvalue weighted by molar-refractivity contribution is -0.119. The highest BCUT2D eigenvalue weighted by Gasteiger charge is 2.16. The normalized spacial score (nSPS) is 10.6. The zero-order chi connectivity index (χ0) is 18.0. The predicted molar refractivity (Wildman–Crippen MR) is 88.4 cm³/mol. The van der Waals surface area contributed by atoms with Gasteiger partial charge in [0, 0.05) is 6.07 Å². The first-order valence-corrected chi connectivity index (χ1v) is 7.36. The first-order chi connectivity index (χ1) is 12.0. The second kappa shape index (κ2) is 6.64. The van der Waals surface area contributed by atoms with E-state index in [-0.39, 0.29) is 34.8 Å². The zero-order valence-corrected chi connectivity index (χ0v) is 13.2. The maximum atomic E-state index is 13.7. The minimum atomic E-state index is -0.619. The Morgan fingerprint density at radius 2 is 2.00 bits per heavy atom. The summed E-state index contributed by atoms with van der Waals surface area (Å²) in [6.07, 6.45) is 0. The van der Waals surface area contributed by atoms with Crippen molar-refractivity contribution in [2.45, 2.75) is 6.92 Å². The van der Waals surface area contributed by atoms with Crippen molar-refractivity contribution in [1.29, 1.82) is 0 Å². The van der Waals surface area contributed by atoms with Gasteiger partial charge in [-0.15, -0.1) is 0 Å². The average Bonchev–Trinajstić information content (AvgIpc) is 2.58. The molecule has 0 saturated carbocycles. The number of hydrogen-bond acceptors (Lipinski definition) is 5. The van der Waals surface area contributed by atoms with E-state index in [9.17, 15) is 14.0 Å². The SMILES string of the molecule is Cc1oc2cc(OCC(N)=O)ccc2c(=O)c1Oc1ccccc1F. The molecule has 2 N–H and O–H groups in total. The molecule has 0 bridgehead atoms. The summed E-state index contributed by atoms with van der Waals surface area (Å²) >= 11 is 0. The average molecular weight is 343 g/mol. The molecule has 2 aromatic carbocycles. The summed E-state index contributed by atoms with van der Waals surface area (Å²) in [5.74, 6) is -0.852. The number of carbonyl (C=O) groups excluding carboxylic acids is 1. The summed E-state index contributed by atoms with van der Waals surface area (Å²) < 4.78 is 29.9. The maximum Gasteiger partial charge on any atom is 0.255 e. The number of hydrogen-bond donors (Lipinski definition) is 1. The van der Waals surface area contributed by atoms with E-state index >= 15 is 0 Å². The molecule has 6 nitrogen and oxygen atoms in total. The van der Waals surface area contributed by atoms with Gasteiger partial charge in [0.1, 0.15) is 17.1 Å². The second-order valence-electron chi connectivity index (χ2n) is 5.26. The number of halogens is 1. The van der Waals surface area contributed by atoms with Crippen LogP contribution in [0.5, 0.6) is 17.2 Å². The number of rotatable bonds is 5. The van der Waals surface area contributed by atoms with Crippen LogP contribution in [-0.2, 0) is 4.79 Å². The van der Waals surface area contributed by atoms with Gasteiger partial charge in [0.05, 0.1) is 5.39 Å². The van der Waals surface area contributed by atoms with Gasteiger partial charge in [0.2, 0.25) is 11.2 Å². The molecule has 0 atom stereocenters. The number of benzene rings is 2.